The third-order valence-corrected chi connectivity index (χ3v) is 7.64. The number of methoxy groups -OCH3 is 1. The van der Waals surface area contributed by atoms with Gasteiger partial charge in [0.1, 0.15) is 28.8 Å². The van der Waals surface area contributed by atoms with Gasteiger partial charge in [-0.3, -0.25) is 14.6 Å². The predicted molar refractivity (Wildman–Crippen MR) is 176 cm³/mol. The fraction of sp³-hybridized carbons (Fsp3) is 0.237. The Balaban J connectivity index is 1.26. The molecule has 0 bridgehead atoms. The lowest BCUT2D eigenvalue weighted by Crippen LogP contribution is -2.31. The number of halogens is 1. The molecule has 1 amide bonds. The van der Waals surface area contributed by atoms with Gasteiger partial charge in [0.25, 0.3) is 5.91 Å². The summed E-state index contributed by atoms with van der Waals surface area (Å²) in [7, 11) is 1.31. The molecular formula is C38H37FN2O5. The second kappa shape index (κ2) is 14.2. The molecule has 1 N–H and O–H groups in total. The molecule has 0 saturated carbocycles. The largest absolute Gasteiger partial charge is 0.493 e. The average molecular weight is 621 g/mol. The summed E-state index contributed by atoms with van der Waals surface area (Å²) in [6, 6.07) is 28.2. The maximum absolute atomic E-state index is 13.4. The maximum atomic E-state index is 13.4. The maximum Gasteiger partial charge on any atom is 0.307 e. The molecule has 0 spiro atoms. The van der Waals surface area contributed by atoms with Gasteiger partial charge >= 0.3 is 5.97 Å². The van der Waals surface area contributed by atoms with Crippen LogP contribution in [0.3, 0.4) is 0 Å². The monoisotopic (exact) mass is 620 g/mol. The van der Waals surface area contributed by atoms with Crippen LogP contribution in [0, 0.1) is 5.82 Å². The number of carbonyl (C=O) groups is 2. The molecule has 1 heterocycles. The molecule has 46 heavy (non-hydrogen) atoms. The van der Waals surface area contributed by atoms with Gasteiger partial charge < -0.3 is 19.5 Å². The van der Waals surface area contributed by atoms with Gasteiger partial charge in [0.05, 0.1) is 26.2 Å². The van der Waals surface area contributed by atoms with Crippen molar-refractivity contribution in [3.8, 4) is 17.2 Å². The topological polar surface area (TPSA) is 86.8 Å². The smallest absolute Gasteiger partial charge is 0.307 e. The van der Waals surface area contributed by atoms with Gasteiger partial charge in [-0.1, -0.05) is 57.2 Å². The zero-order valence-electron chi connectivity index (χ0n) is 26.4. The van der Waals surface area contributed by atoms with E-state index < -0.39 is 17.9 Å². The third-order valence-electron chi connectivity index (χ3n) is 7.64. The van der Waals surface area contributed by atoms with E-state index in [4.69, 9.17) is 14.2 Å². The van der Waals surface area contributed by atoms with Crippen molar-refractivity contribution >= 4 is 22.6 Å². The number of amides is 1. The molecule has 1 unspecified atom stereocenters. The van der Waals surface area contributed by atoms with Crippen molar-refractivity contribution in [3.05, 3.63) is 131 Å². The van der Waals surface area contributed by atoms with Crippen LogP contribution in [0.25, 0.3) is 10.8 Å². The van der Waals surface area contributed by atoms with E-state index in [2.05, 4.69) is 43.2 Å². The highest BCUT2D eigenvalue weighted by atomic mass is 19.1. The SMILES string of the molecule is COC(=O)CC(NC(=O)c1cc2cc(Oc3ccc(C(C)(C)C)cc3)ccc2cn1)c1ccc(OCCc2ccc(F)cc2)cc1. The number of ether oxygens (including phenoxy) is 3. The van der Waals surface area contributed by atoms with Gasteiger partial charge in [-0.2, -0.15) is 0 Å². The van der Waals surface area contributed by atoms with Gasteiger partial charge in [0, 0.05) is 18.0 Å². The Labute approximate surface area is 268 Å². The van der Waals surface area contributed by atoms with Crippen LogP contribution in [-0.2, 0) is 21.4 Å². The Kier molecular flexibility index (Phi) is 9.96. The summed E-state index contributed by atoms with van der Waals surface area (Å²) in [5.41, 5.74) is 3.14. The molecule has 0 aliphatic carbocycles. The van der Waals surface area contributed by atoms with Crippen LogP contribution in [0.1, 0.15) is 60.4 Å². The van der Waals surface area contributed by atoms with Crippen molar-refractivity contribution in [3.63, 3.8) is 0 Å². The van der Waals surface area contributed by atoms with Crippen LogP contribution in [0.2, 0.25) is 0 Å². The minimum atomic E-state index is -0.656. The van der Waals surface area contributed by atoms with Crippen LogP contribution >= 0.6 is 0 Å². The number of nitrogens with one attached hydrogen (secondary N) is 1. The van der Waals surface area contributed by atoms with Gasteiger partial charge in [0.15, 0.2) is 0 Å². The van der Waals surface area contributed by atoms with Gasteiger partial charge in [-0.15, -0.1) is 0 Å². The van der Waals surface area contributed by atoms with E-state index in [1.807, 2.05) is 30.3 Å². The highest BCUT2D eigenvalue weighted by Crippen LogP contribution is 2.29. The minimum absolute atomic E-state index is 0.0479. The Bertz CT molecular complexity index is 1800. The summed E-state index contributed by atoms with van der Waals surface area (Å²) in [4.78, 5) is 30.0. The summed E-state index contributed by atoms with van der Waals surface area (Å²) in [6.45, 7) is 6.91. The molecule has 1 aromatic heterocycles. The van der Waals surface area contributed by atoms with Crippen LogP contribution in [-0.4, -0.2) is 30.6 Å². The Hall–Kier alpha value is -5.24. The average Bonchev–Trinajstić information content (AvgIpc) is 3.05. The van der Waals surface area contributed by atoms with E-state index in [9.17, 15) is 14.0 Å². The molecule has 1 atom stereocenters. The zero-order chi connectivity index (χ0) is 32.7. The molecule has 0 radical (unpaired) electrons. The number of carbonyl (C=O) groups excluding carboxylic acids is 2. The van der Waals surface area contributed by atoms with Crippen molar-refractivity contribution < 1.29 is 28.2 Å². The number of aromatic nitrogens is 1. The van der Waals surface area contributed by atoms with E-state index in [0.717, 1.165) is 16.3 Å². The number of benzene rings is 4. The van der Waals surface area contributed by atoms with Crippen molar-refractivity contribution in [1.82, 2.24) is 10.3 Å². The van der Waals surface area contributed by atoms with E-state index >= 15 is 0 Å². The summed E-state index contributed by atoms with van der Waals surface area (Å²) in [6.07, 6.45) is 2.20. The number of rotatable bonds is 11. The Morgan fingerprint density at radius 1 is 0.826 bits per heavy atom. The number of esters is 1. The van der Waals surface area contributed by atoms with E-state index in [1.54, 1.807) is 48.7 Å². The quantitative estimate of drug-likeness (QED) is 0.150. The van der Waals surface area contributed by atoms with Gasteiger partial charge in [-0.25, -0.2) is 4.39 Å². The van der Waals surface area contributed by atoms with Crippen molar-refractivity contribution in [2.24, 2.45) is 0 Å². The molecule has 8 heteroatoms. The highest BCUT2D eigenvalue weighted by Gasteiger charge is 2.21. The molecular weight excluding hydrogens is 583 g/mol. The normalized spacial score (nSPS) is 11.9. The predicted octanol–water partition coefficient (Wildman–Crippen LogP) is 8.12. The molecule has 0 aliphatic heterocycles. The second-order valence-corrected chi connectivity index (χ2v) is 12.1. The number of hydrogen-bond acceptors (Lipinski definition) is 6. The first-order valence-corrected chi connectivity index (χ1v) is 15.1. The van der Waals surface area contributed by atoms with Crippen LogP contribution in [0.5, 0.6) is 17.2 Å². The fourth-order valence-corrected chi connectivity index (χ4v) is 4.93. The van der Waals surface area contributed by atoms with Crippen LogP contribution in [0.15, 0.2) is 103 Å². The van der Waals surface area contributed by atoms with E-state index in [-0.39, 0.29) is 23.3 Å². The number of nitrogens with zero attached hydrogens (tertiary/aromatic N) is 1. The van der Waals surface area contributed by atoms with Crippen LogP contribution in [0.4, 0.5) is 4.39 Å². The first-order chi connectivity index (χ1) is 22.1. The number of hydrogen-bond donors (Lipinski definition) is 1. The second-order valence-electron chi connectivity index (χ2n) is 12.1. The minimum Gasteiger partial charge on any atom is -0.493 e. The van der Waals surface area contributed by atoms with Crippen molar-refractivity contribution in [1.29, 1.82) is 0 Å². The summed E-state index contributed by atoms with van der Waals surface area (Å²) < 4.78 is 30.0. The summed E-state index contributed by atoms with van der Waals surface area (Å²) >= 11 is 0. The lowest BCUT2D eigenvalue weighted by Gasteiger charge is -2.19. The van der Waals surface area contributed by atoms with Crippen LogP contribution < -0.4 is 14.8 Å². The fourth-order valence-electron chi connectivity index (χ4n) is 4.93. The molecule has 7 nitrogen and oxygen atoms in total. The summed E-state index contributed by atoms with van der Waals surface area (Å²) in [5, 5.41) is 4.58. The molecule has 5 aromatic rings. The number of fused-ring (bicyclic) bond motifs is 1. The van der Waals surface area contributed by atoms with Crippen molar-refractivity contribution in [2.45, 2.75) is 45.1 Å². The number of pyridine rings is 1. The van der Waals surface area contributed by atoms with Gasteiger partial charge in [0.2, 0.25) is 0 Å². The molecule has 5 rings (SSSR count). The molecule has 0 saturated heterocycles. The Morgan fingerprint density at radius 3 is 2.17 bits per heavy atom. The first kappa shape index (κ1) is 32.2. The van der Waals surface area contributed by atoms with Crippen molar-refractivity contribution in [2.75, 3.05) is 13.7 Å². The van der Waals surface area contributed by atoms with E-state index in [0.29, 0.717) is 35.8 Å². The Morgan fingerprint density at radius 2 is 1.50 bits per heavy atom. The standard InChI is InChI=1S/C38H37FN2O5/c1-38(2,3)29-10-17-32(18-11-29)46-33-16-9-27-24-40-35(22-28(27)21-33)37(43)41-34(23-36(42)44-4)26-7-14-31(15-8-26)45-20-19-25-5-12-30(39)13-6-25/h5-18,21-22,24,34H,19-20,23H2,1-4H3,(H,41,43). The first-order valence-electron chi connectivity index (χ1n) is 15.1. The third kappa shape index (κ3) is 8.47. The lowest BCUT2D eigenvalue weighted by molar-refractivity contribution is -0.141. The van der Waals surface area contributed by atoms with Gasteiger partial charge in [-0.05, 0) is 88.2 Å². The molecule has 0 aliphatic rings. The van der Waals surface area contributed by atoms with E-state index in [1.165, 1.54) is 24.8 Å². The highest BCUT2D eigenvalue weighted by molar-refractivity contribution is 5.97. The molecule has 4 aromatic carbocycles. The molecule has 236 valence electrons. The summed E-state index contributed by atoms with van der Waals surface area (Å²) in [5.74, 6) is 0.815. The molecule has 0 fully saturated rings. The lowest BCUT2D eigenvalue weighted by atomic mass is 9.87. The zero-order valence-corrected chi connectivity index (χ0v) is 26.4.